The molecule has 1 N–H and O–H groups in total. The number of pyridine rings is 1. The molecule has 0 fully saturated rings. The van der Waals surface area contributed by atoms with Crippen molar-refractivity contribution in [3.63, 3.8) is 0 Å². The smallest absolute Gasteiger partial charge is 0.258 e. The number of ether oxygens (including phenoxy) is 2. The number of nitrogens with one attached hydrogen (secondary N) is 1. The summed E-state index contributed by atoms with van der Waals surface area (Å²) in [7, 11) is 2.88. The number of anilines is 1. The van der Waals surface area contributed by atoms with E-state index in [4.69, 9.17) is 32.7 Å². The van der Waals surface area contributed by atoms with Gasteiger partial charge in [-0.15, -0.1) is 0 Å². The van der Waals surface area contributed by atoms with Gasteiger partial charge in [0.05, 0.1) is 20.3 Å². The Morgan fingerprint density at radius 2 is 1.52 bits per heavy atom. The van der Waals surface area contributed by atoms with Crippen LogP contribution in [-0.2, 0) is 0 Å². The molecule has 0 aliphatic carbocycles. The lowest BCUT2D eigenvalue weighted by atomic mass is 10.2. The maximum Gasteiger partial charge on any atom is 0.258 e. The predicted molar refractivity (Wildman–Crippen MR) is 77.3 cm³/mol. The summed E-state index contributed by atoms with van der Waals surface area (Å²) in [4.78, 5) is 23.8. The zero-order valence-electron chi connectivity index (χ0n) is 11.1. The molecule has 2 aromatic heterocycles. The van der Waals surface area contributed by atoms with E-state index in [0.717, 1.165) is 0 Å². The van der Waals surface area contributed by atoms with Crippen LogP contribution in [0.15, 0.2) is 18.2 Å². The Morgan fingerprint density at radius 1 is 1.00 bits per heavy atom. The van der Waals surface area contributed by atoms with Gasteiger partial charge in [0.15, 0.2) is 0 Å². The molecule has 0 aromatic carbocycles. The number of rotatable bonds is 4. The van der Waals surface area contributed by atoms with Gasteiger partial charge in [-0.25, -0.2) is 4.98 Å². The van der Waals surface area contributed by atoms with Crippen LogP contribution in [-0.4, -0.2) is 35.1 Å². The van der Waals surface area contributed by atoms with Crippen LogP contribution in [0.3, 0.4) is 0 Å². The fourth-order valence-electron chi connectivity index (χ4n) is 1.44. The van der Waals surface area contributed by atoms with Crippen LogP contribution in [0.5, 0.6) is 11.8 Å². The second kappa shape index (κ2) is 6.55. The van der Waals surface area contributed by atoms with E-state index in [0.29, 0.717) is 0 Å². The van der Waals surface area contributed by atoms with E-state index in [1.54, 1.807) is 0 Å². The van der Waals surface area contributed by atoms with Crippen LogP contribution < -0.4 is 14.8 Å². The lowest BCUT2D eigenvalue weighted by Gasteiger charge is -2.08. The number of halogens is 2. The first-order chi connectivity index (χ1) is 10.0. The first-order valence-corrected chi connectivity index (χ1v) is 6.39. The molecule has 1 amide bonds. The predicted octanol–water partition coefficient (Wildman–Crippen LogP) is 2.45. The monoisotopic (exact) mass is 328 g/mol. The van der Waals surface area contributed by atoms with Crippen LogP contribution in [0.2, 0.25) is 10.3 Å². The molecule has 2 rings (SSSR count). The highest BCUT2D eigenvalue weighted by molar-refractivity contribution is 6.33. The van der Waals surface area contributed by atoms with E-state index in [-0.39, 0.29) is 33.6 Å². The normalized spacial score (nSPS) is 10.1. The maximum atomic E-state index is 12.1. The van der Waals surface area contributed by atoms with Crippen LogP contribution in [0.4, 0.5) is 5.95 Å². The zero-order valence-corrected chi connectivity index (χ0v) is 12.6. The Balaban J connectivity index is 2.26. The van der Waals surface area contributed by atoms with E-state index < -0.39 is 5.91 Å². The van der Waals surface area contributed by atoms with Gasteiger partial charge in [0.25, 0.3) is 5.91 Å². The average Bonchev–Trinajstić information content (AvgIpc) is 2.45. The van der Waals surface area contributed by atoms with Gasteiger partial charge in [-0.2, -0.15) is 9.97 Å². The SMILES string of the molecule is COc1cc(OC)nc(NC(=O)c2cc(Cl)nc(Cl)c2)n1. The van der Waals surface area contributed by atoms with Crippen molar-refractivity contribution in [2.24, 2.45) is 0 Å². The number of amides is 1. The Kier molecular flexibility index (Phi) is 4.77. The van der Waals surface area contributed by atoms with Crippen molar-refractivity contribution < 1.29 is 14.3 Å². The van der Waals surface area contributed by atoms with E-state index >= 15 is 0 Å². The number of carbonyl (C=O) groups excluding carboxylic acids is 1. The van der Waals surface area contributed by atoms with Gasteiger partial charge < -0.3 is 9.47 Å². The molecule has 21 heavy (non-hydrogen) atoms. The van der Waals surface area contributed by atoms with Crippen molar-refractivity contribution >= 4 is 35.1 Å². The molecule has 0 saturated carbocycles. The third-order valence-electron chi connectivity index (χ3n) is 2.35. The third kappa shape index (κ3) is 3.93. The summed E-state index contributed by atoms with van der Waals surface area (Å²) >= 11 is 11.5. The minimum Gasteiger partial charge on any atom is -0.481 e. The number of aromatic nitrogens is 3. The summed E-state index contributed by atoms with van der Waals surface area (Å²) in [5, 5.41) is 2.71. The molecule has 0 unspecified atom stereocenters. The molecular weight excluding hydrogens is 319 g/mol. The number of nitrogens with zero attached hydrogens (tertiary/aromatic N) is 3. The molecule has 0 saturated heterocycles. The lowest BCUT2D eigenvalue weighted by molar-refractivity contribution is 0.102. The maximum absolute atomic E-state index is 12.1. The summed E-state index contributed by atoms with van der Waals surface area (Å²) in [6.07, 6.45) is 0. The van der Waals surface area contributed by atoms with Crippen molar-refractivity contribution in [3.8, 4) is 11.8 Å². The molecular formula is C12H10Cl2N4O3. The Hall–Kier alpha value is -2.12. The lowest BCUT2D eigenvalue weighted by Crippen LogP contribution is -2.15. The van der Waals surface area contributed by atoms with Crippen molar-refractivity contribution in [3.05, 3.63) is 34.1 Å². The van der Waals surface area contributed by atoms with Gasteiger partial charge in [0.2, 0.25) is 17.7 Å². The highest BCUT2D eigenvalue weighted by Crippen LogP contribution is 2.19. The minimum atomic E-state index is -0.489. The van der Waals surface area contributed by atoms with Gasteiger partial charge in [0.1, 0.15) is 10.3 Å². The van der Waals surface area contributed by atoms with E-state index in [2.05, 4.69) is 20.3 Å². The molecule has 0 radical (unpaired) electrons. The van der Waals surface area contributed by atoms with Crippen molar-refractivity contribution in [1.82, 2.24) is 15.0 Å². The van der Waals surface area contributed by atoms with Gasteiger partial charge >= 0.3 is 0 Å². The third-order valence-corrected chi connectivity index (χ3v) is 2.74. The topological polar surface area (TPSA) is 86.2 Å². The molecule has 0 bridgehead atoms. The number of methoxy groups -OCH3 is 2. The highest BCUT2D eigenvalue weighted by Gasteiger charge is 2.12. The van der Waals surface area contributed by atoms with E-state index in [1.165, 1.54) is 32.4 Å². The van der Waals surface area contributed by atoms with Crippen molar-refractivity contribution in [2.75, 3.05) is 19.5 Å². The molecule has 0 aliphatic rings. The molecule has 9 heteroatoms. The Labute approximate surface area is 130 Å². The summed E-state index contributed by atoms with van der Waals surface area (Å²) < 4.78 is 9.98. The molecule has 7 nitrogen and oxygen atoms in total. The molecule has 0 atom stereocenters. The summed E-state index contributed by atoms with van der Waals surface area (Å²) in [5.74, 6) is 0.0441. The fourth-order valence-corrected chi connectivity index (χ4v) is 1.90. The van der Waals surface area contributed by atoms with E-state index in [9.17, 15) is 4.79 Å². The molecule has 110 valence electrons. The van der Waals surface area contributed by atoms with Gasteiger partial charge in [-0.1, -0.05) is 23.2 Å². The van der Waals surface area contributed by atoms with Gasteiger partial charge in [-0.3, -0.25) is 10.1 Å². The standard InChI is InChI=1S/C12H10Cl2N4O3/c1-20-9-5-10(21-2)17-12(16-9)18-11(19)6-3-7(13)15-8(14)4-6/h3-5H,1-2H3,(H,16,17,18,19). The minimum absolute atomic E-state index is 0.0280. The highest BCUT2D eigenvalue weighted by atomic mass is 35.5. The van der Waals surface area contributed by atoms with Crippen LogP contribution in [0, 0.1) is 0 Å². The van der Waals surface area contributed by atoms with Gasteiger partial charge in [0, 0.05) is 5.56 Å². The summed E-state index contributed by atoms with van der Waals surface area (Å²) in [6.45, 7) is 0. The first kappa shape index (κ1) is 15.3. The van der Waals surface area contributed by atoms with Crippen LogP contribution in [0.1, 0.15) is 10.4 Å². The summed E-state index contributed by atoms with van der Waals surface area (Å²) in [6, 6.07) is 4.23. The van der Waals surface area contributed by atoms with Crippen LogP contribution in [0.25, 0.3) is 0 Å². The molecule has 0 aliphatic heterocycles. The van der Waals surface area contributed by atoms with E-state index in [1.807, 2.05) is 0 Å². The van der Waals surface area contributed by atoms with Crippen LogP contribution >= 0.6 is 23.2 Å². The van der Waals surface area contributed by atoms with Crippen molar-refractivity contribution in [2.45, 2.75) is 0 Å². The Morgan fingerprint density at radius 3 is 2.00 bits per heavy atom. The number of hydrogen-bond donors (Lipinski definition) is 1. The molecule has 2 aromatic rings. The summed E-state index contributed by atoms with van der Waals surface area (Å²) in [5.41, 5.74) is 0.227. The second-order valence-electron chi connectivity index (χ2n) is 3.73. The number of hydrogen-bond acceptors (Lipinski definition) is 6. The quantitative estimate of drug-likeness (QED) is 0.867. The van der Waals surface area contributed by atoms with Gasteiger partial charge in [-0.05, 0) is 12.1 Å². The first-order valence-electron chi connectivity index (χ1n) is 5.63. The second-order valence-corrected chi connectivity index (χ2v) is 4.51. The zero-order chi connectivity index (χ0) is 15.4. The molecule has 2 heterocycles. The Bertz CT molecular complexity index is 639. The number of carbonyl (C=O) groups is 1. The molecule has 0 spiro atoms. The largest absolute Gasteiger partial charge is 0.481 e. The average molecular weight is 329 g/mol. The van der Waals surface area contributed by atoms with Crippen molar-refractivity contribution in [1.29, 1.82) is 0 Å². The fraction of sp³-hybridized carbons (Fsp3) is 0.167.